The second kappa shape index (κ2) is 5.00. The lowest BCUT2D eigenvalue weighted by molar-refractivity contribution is 0.351. The Morgan fingerprint density at radius 3 is 2.50 bits per heavy atom. The summed E-state index contributed by atoms with van der Waals surface area (Å²) in [5.41, 5.74) is 2.50. The minimum Gasteiger partial charge on any atom is -0.346 e. The minimum atomic E-state index is 0.656. The van der Waals surface area contributed by atoms with Crippen LogP contribution >= 0.6 is 0 Å². The zero-order valence-corrected chi connectivity index (χ0v) is 10.6. The van der Waals surface area contributed by atoms with Gasteiger partial charge in [-0.3, -0.25) is 0 Å². The number of nitrogens with zero attached hydrogens (tertiary/aromatic N) is 1. The van der Waals surface area contributed by atoms with Crippen LogP contribution < -0.4 is 5.32 Å². The number of aryl methyl sites for hydroxylation is 2. The van der Waals surface area contributed by atoms with Crippen molar-refractivity contribution >= 4 is 0 Å². The number of imidazole rings is 1. The Kier molecular flexibility index (Phi) is 3.64. The van der Waals surface area contributed by atoms with E-state index in [9.17, 15) is 0 Å². The van der Waals surface area contributed by atoms with Gasteiger partial charge >= 0.3 is 0 Å². The first-order chi connectivity index (χ1) is 7.74. The lowest BCUT2D eigenvalue weighted by atomic mass is 9.86. The molecule has 0 aromatic carbocycles. The highest BCUT2D eigenvalue weighted by atomic mass is 14.9. The van der Waals surface area contributed by atoms with E-state index in [4.69, 9.17) is 4.98 Å². The van der Waals surface area contributed by atoms with Gasteiger partial charge in [0.05, 0.1) is 5.69 Å². The van der Waals surface area contributed by atoms with E-state index in [2.05, 4.69) is 31.2 Å². The van der Waals surface area contributed by atoms with Gasteiger partial charge in [-0.1, -0.05) is 6.92 Å². The van der Waals surface area contributed by atoms with Gasteiger partial charge in [0, 0.05) is 17.7 Å². The van der Waals surface area contributed by atoms with Gasteiger partial charge in [0.2, 0.25) is 0 Å². The largest absolute Gasteiger partial charge is 0.346 e. The molecule has 1 saturated carbocycles. The molecule has 0 amide bonds. The van der Waals surface area contributed by atoms with Crippen molar-refractivity contribution in [3.05, 3.63) is 17.2 Å². The van der Waals surface area contributed by atoms with Crippen LogP contribution in [0.3, 0.4) is 0 Å². The van der Waals surface area contributed by atoms with Crippen molar-refractivity contribution in [2.45, 2.75) is 57.9 Å². The van der Waals surface area contributed by atoms with Crippen molar-refractivity contribution in [3.8, 4) is 0 Å². The molecule has 1 heterocycles. The Hall–Kier alpha value is -0.830. The molecule has 0 saturated heterocycles. The van der Waals surface area contributed by atoms with Crippen LogP contribution in [0.1, 0.15) is 55.7 Å². The highest BCUT2D eigenvalue weighted by Crippen LogP contribution is 2.31. The van der Waals surface area contributed by atoms with Gasteiger partial charge < -0.3 is 10.3 Å². The Bertz CT molecular complexity index is 335. The molecular formula is C13H23N3. The molecule has 0 aliphatic heterocycles. The molecule has 1 aliphatic carbocycles. The molecule has 1 fully saturated rings. The van der Waals surface area contributed by atoms with Crippen LogP contribution in [-0.4, -0.2) is 23.1 Å². The van der Waals surface area contributed by atoms with E-state index in [0.717, 1.165) is 12.5 Å². The number of aromatic amines is 1. The molecule has 0 unspecified atom stereocenters. The van der Waals surface area contributed by atoms with Crippen molar-refractivity contribution in [1.82, 2.24) is 15.3 Å². The Balaban J connectivity index is 2.02. The van der Waals surface area contributed by atoms with Crippen LogP contribution in [0.4, 0.5) is 0 Å². The summed E-state index contributed by atoms with van der Waals surface area (Å²) in [4.78, 5) is 8.19. The van der Waals surface area contributed by atoms with Crippen LogP contribution in [0.2, 0.25) is 0 Å². The second-order valence-corrected chi connectivity index (χ2v) is 4.88. The van der Waals surface area contributed by atoms with Crippen LogP contribution in [-0.2, 0) is 6.42 Å². The molecular weight excluding hydrogens is 198 g/mol. The molecule has 0 atom stereocenters. The standard InChI is InChI=1S/C13H23N3/c1-4-12-9(2)15-13(16-12)10-5-7-11(14-3)8-6-10/h10-11,14H,4-8H2,1-3H3,(H,15,16). The maximum atomic E-state index is 4.73. The smallest absolute Gasteiger partial charge is 0.109 e. The molecule has 0 bridgehead atoms. The van der Waals surface area contributed by atoms with Crippen LogP contribution in [0, 0.1) is 6.92 Å². The van der Waals surface area contributed by atoms with Crippen molar-refractivity contribution in [3.63, 3.8) is 0 Å². The number of hydrogen-bond acceptors (Lipinski definition) is 2. The SMILES string of the molecule is CCc1nc(C2CCC(NC)CC2)[nH]c1C. The fourth-order valence-corrected chi connectivity index (χ4v) is 2.71. The summed E-state index contributed by atoms with van der Waals surface area (Å²) < 4.78 is 0. The third-order valence-corrected chi connectivity index (χ3v) is 3.86. The lowest BCUT2D eigenvalue weighted by Gasteiger charge is -2.26. The van der Waals surface area contributed by atoms with Crippen LogP contribution in [0.5, 0.6) is 0 Å². The summed E-state index contributed by atoms with van der Waals surface area (Å²) in [6.45, 7) is 4.30. The van der Waals surface area contributed by atoms with Gasteiger partial charge in [-0.2, -0.15) is 0 Å². The average molecular weight is 221 g/mol. The summed E-state index contributed by atoms with van der Waals surface area (Å²) >= 11 is 0. The van der Waals surface area contributed by atoms with E-state index >= 15 is 0 Å². The quantitative estimate of drug-likeness (QED) is 0.823. The third-order valence-electron chi connectivity index (χ3n) is 3.86. The predicted molar refractivity (Wildman–Crippen MR) is 66.8 cm³/mol. The van der Waals surface area contributed by atoms with Crippen LogP contribution in [0.25, 0.3) is 0 Å². The summed E-state index contributed by atoms with van der Waals surface area (Å²) in [6.07, 6.45) is 6.13. The normalized spacial score (nSPS) is 25.9. The minimum absolute atomic E-state index is 0.656. The van der Waals surface area contributed by atoms with Crippen LogP contribution in [0.15, 0.2) is 0 Å². The number of H-pyrrole nitrogens is 1. The first-order valence-electron chi connectivity index (χ1n) is 6.47. The number of aromatic nitrogens is 2. The zero-order valence-electron chi connectivity index (χ0n) is 10.6. The summed E-state index contributed by atoms with van der Waals surface area (Å²) in [5.74, 6) is 1.88. The number of rotatable bonds is 3. The lowest BCUT2D eigenvalue weighted by Crippen LogP contribution is -2.29. The van der Waals surface area contributed by atoms with Crippen molar-refractivity contribution in [2.75, 3.05) is 7.05 Å². The molecule has 1 aromatic rings. The first-order valence-corrected chi connectivity index (χ1v) is 6.47. The van der Waals surface area contributed by atoms with Crippen molar-refractivity contribution in [1.29, 1.82) is 0 Å². The van der Waals surface area contributed by atoms with Crippen molar-refractivity contribution < 1.29 is 0 Å². The topological polar surface area (TPSA) is 40.7 Å². The molecule has 90 valence electrons. The van der Waals surface area contributed by atoms with E-state index in [1.807, 2.05) is 0 Å². The summed E-state index contributed by atoms with van der Waals surface area (Å²) in [6, 6.07) is 0.720. The highest BCUT2D eigenvalue weighted by molar-refractivity contribution is 5.15. The number of hydrogen-bond donors (Lipinski definition) is 2. The van der Waals surface area contributed by atoms with E-state index < -0.39 is 0 Å². The maximum Gasteiger partial charge on any atom is 0.109 e. The second-order valence-electron chi connectivity index (χ2n) is 4.88. The van der Waals surface area contributed by atoms with Gasteiger partial charge in [-0.15, -0.1) is 0 Å². The molecule has 1 aromatic heterocycles. The molecule has 3 nitrogen and oxygen atoms in total. The van der Waals surface area contributed by atoms with Gasteiger partial charge in [0.25, 0.3) is 0 Å². The molecule has 2 rings (SSSR count). The van der Waals surface area contributed by atoms with Gasteiger partial charge in [0.1, 0.15) is 5.82 Å². The fraction of sp³-hybridized carbons (Fsp3) is 0.769. The Labute approximate surface area is 98.1 Å². The van der Waals surface area contributed by atoms with E-state index in [1.165, 1.54) is 42.9 Å². The Morgan fingerprint density at radius 1 is 1.31 bits per heavy atom. The van der Waals surface area contributed by atoms with E-state index in [1.54, 1.807) is 0 Å². The molecule has 3 heteroatoms. The number of nitrogens with one attached hydrogen (secondary N) is 2. The average Bonchev–Trinajstić information content (AvgIpc) is 2.71. The van der Waals surface area contributed by atoms with Gasteiger partial charge in [0.15, 0.2) is 0 Å². The predicted octanol–water partition coefficient (Wildman–Crippen LogP) is 2.53. The summed E-state index contributed by atoms with van der Waals surface area (Å²) in [7, 11) is 2.07. The molecule has 0 spiro atoms. The molecule has 0 radical (unpaired) electrons. The highest BCUT2D eigenvalue weighted by Gasteiger charge is 2.23. The van der Waals surface area contributed by atoms with E-state index in [-0.39, 0.29) is 0 Å². The van der Waals surface area contributed by atoms with Gasteiger partial charge in [-0.25, -0.2) is 4.98 Å². The first kappa shape index (κ1) is 11.6. The van der Waals surface area contributed by atoms with E-state index in [0.29, 0.717) is 5.92 Å². The zero-order chi connectivity index (χ0) is 11.5. The van der Waals surface area contributed by atoms with Gasteiger partial charge in [-0.05, 0) is 46.1 Å². The maximum absolute atomic E-state index is 4.73. The molecule has 1 aliphatic rings. The fourth-order valence-electron chi connectivity index (χ4n) is 2.71. The summed E-state index contributed by atoms with van der Waals surface area (Å²) in [5, 5.41) is 3.37. The van der Waals surface area contributed by atoms with Crippen molar-refractivity contribution in [2.24, 2.45) is 0 Å². The molecule has 2 N–H and O–H groups in total. The third kappa shape index (κ3) is 2.29. The monoisotopic (exact) mass is 221 g/mol. The molecule has 16 heavy (non-hydrogen) atoms. The Morgan fingerprint density at radius 2 is 2.00 bits per heavy atom.